The number of rotatable bonds is 6. The van der Waals surface area contributed by atoms with Crippen molar-refractivity contribution in [3.05, 3.63) is 58.6 Å². The largest absolute Gasteiger partial charge is 0.334 e. The molecule has 27 heavy (non-hydrogen) atoms. The second kappa shape index (κ2) is 8.36. The van der Waals surface area contributed by atoms with Gasteiger partial charge in [0.25, 0.3) is 5.91 Å². The van der Waals surface area contributed by atoms with Crippen LogP contribution < -0.4 is 10.6 Å². The van der Waals surface area contributed by atoms with Crippen molar-refractivity contribution in [2.75, 3.05) is 12.4 Å². The lowest BCUT2D eigenvalue weighted by atomic mass is 10.2. The molecule has 0 bridgehead atoms. The molecule has 3 aromatic rings. The predicted molar refractivity (Wildman–Crippen MR) is 96.6 cm³/mol. The molecule has 3 amide bonds. The van der Waals surface area contributed by atoms with Crippen molar-refractivity contribution in [3.8, 4) is 0 Å². The van der Waals surface area contributed by atoms with E-state index in [1.54, 1.807) is 24.6 Å². The van der Waals surface area contributed by atoms with E-state index >= 15 is 0 Å². The Morgan fingerprint density at radius 2 is 2.22 bits per heavy atom. The lowest BCUT2D eigenvalue weighted by Gasteiger charge is -2.13. The van der Waals surface area contributed by atoms with E-state index in [0.717, 1.165) is 0 Å². The zero-order valence-electron chi connectivity index (χ0n) is 14.3. The summed E-state index contributed by atoms with van der Waals surface area (Å²) in [6.45, 7) is 0.450. The first-order chi connectivity index (χ1) is 13.0. The molecule has 0 radical (unpaired) electrons. The van der Waals surface area contributed by atoms with Gasteiger partial charge in [-0.05, 0) is 17.7 Å². The van der Waals surface area contributed by atoms with E-state index in [4.69, 9.17) is 0 Å². The summed E-state index contributed by atoms with van der Waals surface area (Å²) >= 11 is 1.24. The van der Waals surface area contributed by atoms with Gasteiger partial charge in [0, 0.05) is 19.0 Å². The van der Waals surface area contributed by atoms with Crippen LogP contribution in [0.4, 0.5) is 14.3 Å². The van der Waals surface area contributed by atoms with Crippen molar-refractivity contribution in [2.24, 2.45) is 0 Å². The van der Waals surface area contributed by atoms with E-state index in [-0.39, 0.29) is 30.5 Å². The van der Waals surface area contributed by atoms with Crippen LogP contribution in [0.25, 0.3) is 0 Å². The van der Waals surface area contributed by atoms with Gasteiger partial charge in [0.1, 0.15) is 5.82 Å². The highest BCUT2D eigenvalue weighted by atomic mass is 32.1. The number of urea groups is 1. The monoisotopic (exact) mass is 389 g/mol. The highest BCUT2D eigenvalue weighted by Crippen LogP contribution is 2.17. The molecule has 1 aromatic carbocycles. The van der Waals surface area contributed by atoms with E-state index in [9.17, 15) is 14.0 Å². The maximum atomic E-state index is 13.1. The molecule has 0 unspecified atom stereocenters. The minimum Gasteiger partial charge on any atom is -0.334 e. The minimum atomic E-state index is -0.452. The third-order valence-electron chi connectivity index (χ3n) is 3.49. The van der Waals surface area contributed by atoms with Gasteiger partial charge in [-0.25, -0.2) is 14.2 Å². The van der Waals surface area contributed by atoms with E-state index in [1.165, 1.54) is 34.6 Å². The molecule has 3 N–H and O–H groups in total. The summed E-state index contributed by atoms with van der Waals surface area (Å²) in [5.74, 6) is -0.650. The number of thiazole rings is 1. The fraction of sp³-hybridized carbons (Fsp3) is 0.188. The van der Waals surface area contributed by atoms with Gasteiger partial charge in [-0.2, -0.15) is 15.4 Å². The molecular weight excluding hydrogens is 373 g/mol. The number of benzene rings is 1. The second-order valence-electron chi connectivity index (χ2n) is 5.60. The van der Waals surface area contributed by atoms with Crippen molar-refractivity contribution in [1.82, 2.24) is 30.6 Å². The minimum absolute atomic E-state index is 0.191. The Kier molecular flexibility index (Phi) is 5.71. The summed E-state index contributed by atoms with van der Waals surface area (Å²) in [4.78, 5) is 29.8. The fourth-order valence-corrected chi connectivity index (χ4v) is 2.92. The molecule has 0 atom stereocenters. The summed E-state index contributed by atoms with van der Waals surface area (Å²) in [7, 11) is 1.62. The number of aromatic amines is 1. The fourth-order valence-electron chi connectivity index (χ4n) is 2.22. The Bertz CT molecular complexity index is 929. The van der Waals surface area contributed by atoms with Gasteiger partial charge in [0.2, 0.25) is 0 Å². The molecule has 0 spiro atoms. The average molecular weight is 389 g/mol. The number of nitrogens with zero attached hydrogens (tertiary/aromatic N) is 4. The smallest absolute Gasteiger partial charge is 0.321 e. The average Bonchev–Trinajstić information content (AvgIpc) is 3.31. The van der Waals surface area contributed by atoms with Crippen LogP contribution in [0.1, 0.15) is 21.7 Å². The number of amides is 3. The Morgan fingerprint density at radius 1 is 1.37 bits per heavy atom. The van der Waals surface area contributed by atoms with Crippen LogP contribution in [0.2, 0.25) is 0 Å². The molecule has 9 nitrogen and oxygen atoms in total. The van der Waals surface area contributed by atoms with Crippen LogP contribution in [0.5, 0.6) is 0 Å². The molecule has 0 saturated heterocycles. The van der Waals surface area contributed by atoms with Gasteiger partial charge in [-0.15, -0.1) is 11.3 Å². The molecule has 0 saturated carbocycles. The van der Waals surface area contributed by atoms with E-state index in [1.807, 2.05) is 0 Å². The highest BCUT2D eigenvalue weighted by Gasteiger charge is 2.16. The number of carbonyl (C=O) groups excluding carboxylic acids is 2. The molecule has 0 fully saturated rings. The normalized spacial score (nSPS) is 10.4. The van der Waals surface area contributed by atoms with Crippen LogP contribution in [-0.2, 0) is 13.1 Å². The third kappa shape index (κ3) is 5.07. The van der Waals surface area contributed by atoms with Gasteiger partial charge in [0.15, 0.2) is 10.8 Å². The zero-order chi connectivity index (χ0) is 19.2. The topological polar surface area (TPSA) is 116 Å². The molecule has 0 aliphatic carbocycles. The quantitative estimate of drug-likeness (QED) is 0.596. The van der Waals surface area contributed by atoms with Crippen LogP contribution >= 0.6 is 11.3 Å². The first-order valence-electron chi connectivity index (χ1n) is 7.86. The SMILES string of the molecule is CN(Cc1csc(NC(=O)NCc2cccc(F)c2)n1)C(=O)c1cn[nH]n1. The van der Waals surface area contributed by atoms with Crippen molar-refractivity contribution in [1.29, 1.82) is 0 Å². The molecule has 0 aliphatic rings. The van der Waals surface area contributed by atoms with Gasteiger partial charge >= 0.3 is 6.03 Å². The van der Waals surface area contributed by atoms with Gasteiger partial charge in [-0.3, -0.25) is 10.1 Å². The van der Waals surface area contributed by atoms with Crippen molar-refractivity contribution in [3.63, 3.8) is 0 Å². The van der Waals surface area contributed by atoms with E-state index < -0.39 is 6.03 Å². The van der Waals surface area contributed by atoms with Crippen LogP contribution in [-0.4, -0.2) is 44.3 Å². The first-order valence-corrected chi connectivity index (χ1v) is 8.74. The van der Waals surface area contributed by atoms with Gasteiger partial charge in [0.05, 0.1) is 18.4 Å². The Hall–Kier alpha value is -3.34. The van der Waals surface area contributed by atoms with Crippen molar-refractivity contribution in [2.45, 2.75) is 13.1 Å². The van der Waals surface area contributed by atoms with Crippen LogP contribution in [0.3, 0.4) is 0 Å². The molecular formula is C16H16FN7O2S. The van der Waals surface area contributed by atoms with E-state index in [2.05, 4.69) is 31.0 Å². The number of hydrogen-bond acceptors (Lipinski definition) is 6. The summed E-state index contributed by atoms with van der Waals surface area (Å²) < 4.78 is 13.1. The number of aromatic nitrogens is 4. The Morgan fingerprint density at radius 3 is 2.96 bits per heavy atom. The van der Waals surface area contributed by atoms with Crippen LogP contribution in [0, 0.1) is 5.82 Å². The molecule has 0 aliphatic heterocycles. The first kappa shape index (κ1) is 18.5. The maximum absolute atomic E-state index is 13.1. The lowest BCUT2D eigenvalue weighted by molar-refractivity contribution is 0.0777. The summed E-state index contributed by atoms with van der Waals surface area (Å²) in [5, 5.41) is 17.1. The Labute approximate surface area is 157 Å². The number of carbonyl (C=O) groups is 2. The molecule has 3 rings (SSSR count). The number of anilines is 1. The number of H-pyrrole nitrogens is 1. The maximum Gasteiger partial charge on any atom is 0.321 e. The number of hydrogen-bond donors (Lipinski definition) is 3. The molecule has 140 valence electrons. The standard InChI is InChI=1S/C16H16FN7O2S/c1-24(14(25)13-7-19-23-22-13)8-12-9-27-16(20-12)21-15(26)18-6-10-3-2-4-11(17)5-10/h2-5,7,9H,6,8H2,1H3,(H,19,22,23)(H2,18,20,21,26). The van der Waals surface area contributed by atoms with Crippen molar-refractivity contribution < 1.29 is 14.0 Å². The highest BCUT2D eigenvalue weighted by molar-refractivity contribution is 7.13. The predicted octanol–water partition coefficient (Wildman–Crippen LogP) is 1.99. The number of nitrogens with one attached hydrogen (secondary N) is 3. The summed E-state index contributed by atoms with van der Waals surface area (Å²) in [5.41, 5.74) is 1.49. The van der Waals surface area contributed by atoms with Crippen LogP contribution in [0.15, 0.2) is 35.8 Å². The summed E-state index contributed by atoms with van der Waals surface area (Å²) in [6.07, 6.45) is 1.34. The summed E-state index contributed by atoms with van der Waals surface area (Å²) in [6, 6.07) is 5.53. The van der Waals surface area contributed by atoms with Crippen molar-refractivity contribution >= 4 is 28.4 Å². The zero-order valence-corrected chi connectivity index (χ0v) is 15.1. The lowest BCUT2D eigenvalue weighted by Crippen LogP contribution is -2.28. The molecule has 2 aromatic heterocycles. The second-order valence-corrected chi connectivity index (χ2v) is 6.46. The van der Waals surface area contributed by atoms with Gasteiger partial charge in [-0.1, -0.05) is 12.1 Å². The third-order valence-corrected chi connectivity index (χ3v) is 4.30. The molecule has 11 heteroatoms. The number of halogens is 1. The van der Waals surface area contributed by atoms with E-state index in [0.29, 0.717) is 16.4 Å². The Balaban J connectivity index is 1.50. The van der Waals surface area contributed by atoms with Gasteiger partial charge < -0.3 is 10.2 Å². The molecule has 2 heterocycles.